The van der Waals surface area contributed by atoms with E-state index in [1.54, 1.807) is 36.4 Å². The van der Waals surface area contributed by atoms with Gasteiger partial charge in [-0.15, -0.1) is 0 Å². The van der Waals surface area contributed by atoms with E-state index in [1.807, 2.05) is 17.9 Å². The normalized spacial score (nSPS) is 17.4. The summed E-state index contributed by atoms with van der Waals surface area (Å²) in [7, 11) is 0. The lowest BCUT2D eigenvalue weighted by Crippen LogP contribution is -2.47. The van der Waals surface area contributed by atoms with Crippen LogP contribution >= 0.6 is 0 Å². The van der Waals surface area contributed by atoms with E-state index >= 15 is 0 Å². The number of nitrogens with zero attached hydrogens (tertiary/aromatic N) is 2. The molecule has 2 atom stereocenters. The average molecular weight is 439 g/mol. The third kappa shape index (κ3) is 6.58. The van der Waals surface area contributed by atoms with Crippen LogP contribution in [0.1, 0.15) is 24.8 Å². The summed E-state index contributed by atoms with van der Waals surface area (Å²) in [5, 5.41) is 0. The van der Waals surface area contributed by atoms with Crippen molar-refractivity contribution in [2.24, 2.45) is 5.73 Å². The Morgan fingerprint density at radius 3 is 2.29 bits per heavy atom. The molecule has 1 heterocycles. The highest BCUT2D eigenvalue weighted by atomic mass is 19.4. The highest BCUT2D eigenvalue weighted by Gasteiger charge is 2.29. The summed E-state index contributed by atoms with van der Waals surface area (Å²) in [6.07, 6.45) is -3.63. The molecule has 0 bridgehead atoms. The number of hydrogen-bond acceptors (Lipinski definition) is 4. The number of para-hydroxylation sites is 2. The van der Waals surface area contributed by atoms with Crippen LogP contribution in [0.5, 0.6) is 5.75 Å². The average Bonchev–Trinajstić information content (AvgIpc) is 2.73. The lowest BCUT2D eigenvalue weighted by Gasteiger charge is -2.37. The Morgan fingerprint density at radius 2 is 1.65 bits per heavy atom. The zero-order chi connectivity index (χ0) is 22.4. The Hall–Kier alpha value is -2.32. The molecule has 2 N–H and O–H groups in total. The van der Waals surface area contributed by atoms with Crippen molar-refractivity contribution in [1.29, 1.82) is 0 Å². The molecule has 3 rings (SSSR count). The van der Waals surface area contributed by atoms with Crippen molar-refractivity contribution in [1.82, 2.24) is 4.90 Å². The maximum atomic E-state index is 14.2. The second kappa shape index (κ2) is 10.3. The number of rotatable bonds is 8. The fourth-order valence-corrected chi connectivity index (χ4v) is 4.01. The van der Waals surface area contributed by atoms with E-state index in [1.165, 1.54) is 6.07 Å². The lowest BCUT2D eigenvalue weighted by atomic mass is 9.89. The van der Waals surface area contributed by atoms with Gasteiger partial charge in [-0.2, -0.15) is 13.2 Å². The first-order valence-corrected chi connectivity index (χ1v) is 10.5. The second-order valence-corrected chi connectivity index (χ2v) is 7.98. The van der Waals surface area contributed by atoms with Crippen LogP contribution in [0.15, 0.2) is 48.5 Å². The molecule has 1 aliphatic rings. The van der Waals surface area contributed by atoms with Gasteiger partial charge in [0.2, 0.25) is 0 Å². The zero-order valence-electron chi connectivity index (χ0n) is 17.6. The molecular weight excluding hydrogens is 410 g/mol. The van der Waals surface area contributed by atoms with Crippen molar-refractivity contribution in [3.63, 3.8) is 0 Å². The molecule has 2 aromatic carbocycles. The van der Waals surface area contributed by atoms with E-state index in [0.29, 0.717) is 24.3 Å². The number of alkyl halides is 3. The molecule has 8 heteroatoms. The van der Waals surface area contributed by atoms with E-state index in [-0.39, 0.29) is 23.5 Å². The van der Waals surface area contributed by atoms with Gasteiger partial charge in [-0.1, -0.05) is 30.3 Å². The monoisotopic (exact) mass is 439 g/mol. The summed E-state index contributed by atoms with van der Waals surface area (Å²) in [4.78, 5) is 4.33. The number of benzene rings is 2. The smallest absolute Gasteiger partial charge is 0.422 e. The van der Waals surface area contributed by atoms with Crippen LogP contribution in [0.25, 0.3) is 0 Å². The molecule has 2 unspecified atom stereocenters. The van der Waals surface area contributed by atoms with Crippen LogP contribution < -0.4 is 15.4 Å². The molecule has 4 nitrogen and oxygen atoms in total. The number of anilines is 1. The predicted molar refractivity (Wildman–Crippen MR) is 114 cm³/mol. The molecule has 0 saturated carbocycles. The third-order valence-corrected chi connectivity index (χ3v) is 5.67. The van der Waals surface area contributed by atoms with Gasteiger partial charge in [-0.05, 0) is 43.7 Å². The van der Waals surface area contributed by atoms with Crippen molar-refractivity contribution < 1.29 is 22.3 Å². The molecule has 1 fully saturated rings. The zero-order valence-corrected chi connectivity index (χ0v) is 17.6. The van der Waals surface area contributed by atoms with Crippen LogP contribution in [-0.4, -0.2) is 56.4 Å². The molecule has 1 saturated heterocycles. The van der Waals surface area contributed by atoms with Gasteiger partial charge < -0.3 is 15.4 Å². The van der Waals surface area contributed by atoms with Gasteiger partial charge in [0, 0.05) is 38.1 Å². The van der Waals surface area contributed by atoms with E-state index in [0.717, 1.165) is 26.1 Å². The number of piperazine rings is 1. The first-order valence-electron chi connectivity index (χ1n) is 10.5. The van der Waals surface area contributed by atoms with Gasteiger partial charge in [-0.3, -0.25) is 4.90 Å². The first-order chi connectivity index (χ1) is 14.7. The summed E-state index contributed by atoms with van der Waals surface area (Å²) in [5.41, 5.74) is 7.46. The largest absolute Gasteiger partial charge is 0.482 e. The Kier molecular flexibility index (Phi) is 7.78. The van der Waals surface area contributed by atoms with Crippen LogP contribution in [-0.2, 0) is 0 Å². The Balaban J connectivity index is 1.56. The van der Waals surface area contributed by atoms with E-state index < -0.39 is 12.8 Å². The van der Waals surface area contributed by atoms with Gasteiger partial charge >= 0.3 is 6.18 Å². The number of hydrogen-bond donors (Lipinski definition) is 1. The van der Waals surface area contributed by atoms with Crippen LogP contribution in [0, 0.1) is 5.82 Å². The molecule has 170 valence electrons. The van der Waals surface area contributed by atoms with E-state index in [9.17, 15) is 17.6 Å². The molecule has 0 aromatic heterocycles. The minimum absolute atomic E-state index is 0.0734. The highest BCUT2D eigenvalue weighted by molar-refractivity contribution is 5.58. The Bertz CT molecular complexity index is 836. The van der Waals surface area contributed by atoms with Gasteiger partial charge in [-0.25, -0.2) is 4.39 Å². The standard InChI is InChI=1S/C23H29F4N3O/c1-17(28)18(19-6-2-3-7-20(19)24)10-11-29-12-14-30(15-13-29)21-8-4-5-9-22(21)31-16-23(25,26)27/h2-9,17-18H,10-16,28H2,1H3. The first kappa shape index (κ1) is 23.3. The summed E-state index contributed by atoms with van der Waals surface area (Å²) < 4.78 is 56.9. The fourth-order valence-electron chi connectivity index (χ4n) is 4.01. The highest BCUT2D eigenvalue weighted by Crippen LogP contribution is 2.31. The molecule has 2 aromatic rings. The quantitative estimate of drug-likeness (QED) is 0.619. The molecule has 31 heavy (non-hydrogen) atoms. The SMILES string of the molecule is CC(N)C(CCN1CCN(c2ccccc2OCC(F)(F)F)CC1)c1ccccc1F. The topological polar surface area (TPSA) is 41.7 Å². The maximum Gasteiger partial charge on any atom is 0.422 e. The van der Waals surface area contributed by atoms with Crippen molar-refractivity contribution in [2.75, 3.05) is 44.2 Å². The number of ether oxygens (including phenoxy) is 1. The van der Waals surface area contributed by atoms with Gasteiger partial charge in [0.15, 0.2) is 6.61 Å². The van der Waals surface area contributed by atoms with Gasteiger partial charge in [0.1, 0.15) is 11.6 Å². The maximum absolute atomic E-state index is 14.2. The molecule has 0 aliphatic carbocycles. The van der Waals surface area contributed by atoms with Gasteiger partial charge in [0.05, 0.1) is 5.69 Å². The summed E-state index contributed by atoms with van der Waals surface area (Å²) in [5.74, 6) is -0.0642. The Labute approximate surface area is 180 Å². The van der Waals surface area contributed by atoms with Crippen LogP contribution in [0.4, 0.5) is 23.2 Å². The van der Waals surface area contributed by atoms with Crippen LogP contribution in [0.2, 0.25) is 0 Å². The van der Waals surface area contributed by atoms with Gasteiger partial charge in [0.25, 0.3) is 0 Å². The lowest BCUT2D eigenvalue weighted by molar-refractivity contribution is -0.153. The minimum atomic E-state index is -4.37. The minimum Gasteiger partial charge on any atom is -0.482 e. The summed E-state index contributed by atoms with van der Waals surface area (Å²) in [6.45, 7) is 4.24. The summed E-state index contributed by atoms with van der Waals surface area (Å²) in [6, 6.07) is 13.4. The van der Waals surface area contributed by atoms with E-state index in [4.69, 9.17) is 10.5 Å². The molecule has 0 radical (unpaired) electrons. The third-order valence-electron chi connectivity index (χ3n) is 5.67. The van der Waals surface area contributed by atoms with Crippen LogP contribution in [0.3, 0.4) is 0 Å². The van der Waals surface area contributed by atoms with Crippen molar-refractivity contribution in [3.8, 4) is 5.75 Å². The second-order valence-electron chi connectivity index (χ2n) is 7.98. The predicted octanol–water partition coefficient (Wildman–Crippen LogP) is 4.41. The molecule has 0 amide bonds. The van der Waals surface area contributed by atoms with Crippen molar-refractivity contribution in [2.45, 2.75) is 31.5 Å². The number of nitrogens with two attached hydrogens (primary N) is 1. The molecule has 1 aliphatic heterocycles. The summed E-state index contributed by atoms with van der Waals surface area (Å²) >= 11 is 0. The fraction of sp³-hybridized carbons (Fsp3) is 0.478. The van der Waals surface area contributed by atoms with Crippen molar-refractivity contribution >= 4 is 5.69 Å². The molecular formula is C23H29F4N3O. The van der Waals surface area contributed by atoms with Crippen molar-refractivity contribution in [3.05, 3.63) is 59.9 Å². The van der Waals surface area contributed by atoms with E-state index in [2.05, 4.69) is 4.90 Å². The number of halogens is 4. The Morgan fingerprint density at radius 1 is 1.00 bits per heavy atom. The molecule has 0 spiro atoms.